The largest absolute Gasteiger partial charge is 0.493 e. The van der Waals surface area contributed by atoms with Crippen LogP contribution < -0.4 is 9.47 Å². The number of carbonyl (C=O) groups is 3. The Hall–Kier alpha value is -2.63. The monoisotopic (exact) mass is 522 g/mol. The first-order valence-corrected chi connectivity index (χ1v) is 12.7. The van der Waals surface area contributed by atoms with Gasteiger partial charge in [-0.15, -0.1) is 0 Å². The minimum atomic E-state index is -0.270. The highest BCUT2D eigenvalue weighted by atomic mass is 32.2. The summed E-state index contributed by atoms with van der Waals surface area (Å²) in [4.78, 5) is 40.6. The van der Waals surface area contributed by atoms with Gasteiger partial charge < -0.3 is 23.8 Å². The van der Waals surface area contributed by atoms with Crippen molar-refractivity contribution in [2.45, 2.75) is 26.2 Å². The minimum absolute atomic E-state index is 0.0969. The van der Waals surface area contributed by atoms with Crippen molar-refractivity contribution in [3.8, 4) is 11.5 Å². The van der Waals surface area contributed by atoms with Crippen LogP contribution in [0, 0.1) is 0 Å². The maximum atomic E-state index is 12.8. The van der Waals surface area contributed by atoms with Crippen molar-refractivity contribution in [2.75, 3.05) is 53.2 Å². The Labute approximate surface area is 214 Å². The second kappa shape index (κ2) is 13.5. The highest BCUT2D eigenvalue weighted by Crippen LogP contribution is 2.35. The molecule has 0 spiro atoms. The van der Waals surface area contributed by atoms with E-state index in [1.54, 1.807) is 29.2 Å². The van der Waals surface area contributed by atoms with Gasteiger partial charge in [-0.05, 0) is 36.6 Å². The lowest BCUT2D eigenvalue weighted by atomic mass is 10.2. The molecule has 0 aliphatic carbocycles. The number of ether oxygens (including phenoxy) is 4. The second-order valence-electron chi connectivity index (χ2n) is 7.85. The summed E-state index contributed by atoms with van der Waals surface area (Å²) in [6.07, 6.45) is 3.23. The number of benzene rings is 1. The normalized spacial score (nSPS) is 17.1. The lowest BCUT2D eigenvalue weighted by molar-refractivity contribution is -0.144. The Bertz CT molecular complexity index is 977. The highest BCUT2D eigenvalue weighted by molar-refractivity contribution is 8.26. The zero-order valence-corrected chi connectivity index (χ0v) is 21.6. The number of amides is 2. The standard InChI is InChI=1S/C24H30N2O7S2/c1-3-11-32-22(28)5-4-8-26-23(29)20(35-24(26)34)15-17-6-7-18(19(14-17)30-2)33-16-21(27)25-9-12-31-13-10-25/h6-7,14-15H,3-5,8-13,16H2,1-2H3/b20-15+. The first-order chi connectivity index (χ1) is 16.9. The van der Waals surface area contributed by atoms with Crippen LogP contribution in [0.15, 0.2) is 23.1 Å². The number of rotatable bonds is 11. The summed E-state index contributed by atoms with van der Waals surface area (Å²) in [5.41, 5.74) is 0.734. The van der Waals surface area contributed by atoms with Crippen molar-refractivity contribution in [3.63, 3.8) is 0 Å². The quantitative estimate of drug-likeness (QED) is 0.247. The maximum absolute atomic E-state index is 12.8. The zero-order valence-electron chi connectivity index (χ0n) is 19.9. The molecule has 0 radical (unpaired) electrons. The summed E-state index contributed by atoms with van der Waals surface area (Å²) < 4.78 is 21.9. The molecule has 2 saturated heterocycles. The Morgan fingerprint density at radius 1 is 1.23 bits per heavy atom. The van der Waals surface area contributed by atoms with Gasteiger partial charge in [-0.2, -0.15) is 0 Å². The Morgan fingerprint density at radius 3 is 2.71 bits per heavy atom. The molecule has 0 atom stereocenters. The van der Waals surface area contributed by atoms with E-state index < -0.39 is 0 Å². The van der Waals surface area contributed by atoms with E-state index in [1.165, 1.54) is 23.8 Å². The van der Waals surface area contributed by atoms with E-state index in [2.05, 4.69) is 0 Å². The summed E-state index contributed by atoms with van der Waals surface area (Å²) in [6.45, 7) is 4.77. The van der Waals surface area contributed by atoms with Gasteiger partial charge in [0, 0.05) is 26.1 Å². The fourth-order valence-electron chi connectivity index (χ4n) is 3.45. The number of thioether (sulfide) groups is 1. The third-order valence-electron chi connectivity index (χ3n) is 5.30. The average Bonchev–Trinajstić information content (AvgIpc) is 3.14. The predicted molar refractivity (Wildman–Crippen MR) is 136 cm³/mol. The van der Waals surface area contributed by atoms with E-state index in [4.69, 9.17) is 31.2 Å². The molecule has 2 heterocycles. The molecule has 2 aliphatic heterocycles. The van der Waals surface area contributed by atoms with Crippen LogP contribution in [-0.4, -0.2) is 85.1 Å². The SMILES string of the molecule is CCCOC(=O)CCCN1C(=O)/C(=C\c2ccc(OCC(=O)N3CCOCC3)c(OC)c2)SC1=S. The zero-order chi connectivity index (χ0) is 25.2. The van der Waals surface area contributed by atoms with Crippen LogP contribution >= 0.6 is 24.0 Å². The number of thiocarbonyl (C=S) groups is 1. The summed E-state index contributed by atoms with van der Waals surface area (Å²) in [5.74, 6) is 0.316. The molecule has 0 unspecified atom stereocenters. The highest BCUT2D eigenvalue weighted by Gasteiger charge is 2.31. The summed E-state index contributed by atoms with van der Waals surface area (Å²) in [5, 5.41) is 0. The molecular formula is C24H30N2O7S2. The predicted octanol–water partition coefficient (Wildman–Crippen LogP) is 2.87. The number of hydrogen-bond acceptors (Lipinski definition) is 9. The van der Waals surface area contributed by atoms with Gasteiger partial charge in [0.1, 0.15) is 4.32 Å². The fourth-order valence-corrected chi connectivity index (χ4v) is 4.76. The van der Waals surface area contributed by atoms with E-state index in [9.17, 15) is 14.4 Å². The third-order valence-corrected chi connectivity index (χ3v) is 6.68. The number of morpholine rings is 1. The van der Waals surface area contributed by atoms with Crippen LogP contribution in [0.2, 0.25) is 0 Å². The van der Waals surface area contributed by atoms with Gasteiger partial charge in [0.2, 0.25) is 0 Å². The molecule has 1 aromatic rings. The number of hydrogen-bond donors (Lipinski definition) is 0. The van der Waals surface area contributed by atoms with E-state index in [-0.39, 0.29) is 30.8 Å². The van der Waals surface area contributed by atoms with Crippen molar-refractivity contribution >= 4 is 52.2 Å². The molecule has 11 heteroatoms. The number of nitrogens with zero attached hydrogens (tertiary/aromatic N) is 2. The minimum Gasteiger partial charge on any atom is -0.493 e. The van der Waals surface area contributed by atoms with E-state index in [0.717, 1.165) is 12.0 Å². The lowest BCUT2D eigenvalue weighted by Crippen LogP contribution is -2.43. The van der Waals surface area contributed by atoms with Crippen LogP contribution in [-0.2, 0) is 23.9 Å². The molecule has 0 N–H and O–H groups in total. The van der Waals surface area contributed by atoms with Crippen LogP contribution in [0.1, 0.15) is 31.7 Å². The van der Waals surface area contributed by atoms with Gasteiger partial charge in [-0.3, -0.25) is 19.3 Å². The van der Waals surface area contributed by atoms with E-state index >= 15 is 0 Å². The Balaban J connectivity index is 1.58. The number of carbonyl (C=O) groups excluding carboxylic acids is 3. The molecular weight excluding hydrogens is 492 g/mol. The van der Waals surface area contributed by atoms with Gasteiger partial charge >= 0.3 is 5.97 Å². The van der Waals surface area contributed by atoms with Crippen LogP contribution in [0.5, 0.6) is 11.5 Å². The maximum Gasteiger partial charge on any atom is 0.305 e. The first kappa shape index (κ1) is 27.0. The van der Waals surface area contributed by atoms with Crippen molar-refractivity contribution in [2.24, 2.45) is 0 Å². The third kappa shape index (κ3) is 7.68. The molecule has 2 aliphatic rings. The molecule has 2 fully saturated rings. The van der Waals surface area contributed by atoms with Gasteiger partial charge in [-0.1, -0.05) is 37.0 Å². The molecule has 190 valence electrons. The first-order valence-electron chi connectivity index (χ1n) is 11.5. The van der Waals surface area contributed by atoms with Gasteiger partial charge in [0.15, 0.2) is 18.1 Å². The number of methoxy groups -OCH3 is 1. The van der Waals surface area contributed by atoms with Gasteiger partial charge in [-0.25, -0.2) is 0 Å². The van der Waals surface area contributed by atoms with Crippen LogP contribution in [0.25, 0.3) is 6.08 Å². The molecule has 9 nitrogen and oxygen atoms in total. The Kier molecular flexibility index (Phi) is 10.4. The number of esters is 1. The van der Waals surface area contributed by atoms with Crippen molar-refractivity contribution in [1.82, 2.24) is 9.80 Å². The van der Waals surface area contributed by atoms with Crippen molar-refractivity contribution < 1.29 is 33.3 Å². The summed E-state index contributed by atoms with van der Waals surface area (Å²) in [7, 11) is 1.51. The van der Waals surface area contributed by atoms with Crippen LogP contribution in [0.3, 0.4) is 0 Å². The molecule has 0 bridgehead atoms. The summed E-state index contributed by atoms with van der Waals surface area (Å²) >= 11 is 6.58. The van der Waals surface area contributed by atoms with Crippen molar-refractivity contribution in [1.29, 1.82) is 0 Å². The second-order valence-corrected chi connectivity index (χ2v) is 9.53. The van der Waals surface area contributed by atoms with Gasteiger partial charge in [0.25, 0.3) is 11.8 Å². The molecule has 0 saturated carbocycles. The van der Waals surface area contributed by atoms with E-state index in [0.29, 0.717) is 66.6 Å². The smallest absolute Gasteiger partial charge is 0.305 e. The molecule has 1 aromatic carbocycles. The summed E-state index contributed by atoms with van der Waals surface area (Å²) in [6, 6.07) is 5.23. The molecule has 2 amide bonds. The van der Waals surface area contributed by atoms with E-state index in [1.807, 2.05) is 6.92 Å². The Morgan fingerprint density at radius 2 is 2.00 bits per heavy atom. The van der Waals surface area contributed by atoms with Gasteiger partial charge in [0.05, 0.1) is 31.8 Å². The van der Waals surface area contributed by atoms with Crippen molar-refractivity contribution in [3.05, 3.63) is 28.7 Å². The fraction of sp³-hybridized carbons (Fsp3) is 0.500. The topological polar surface area (TPSA) is 94.6 Å². The lowest BCUT2D eigenvalue weighted by Gasteiger charge is -2.26. The molecule has 35 heavy (non-hydrogen) atoms. The molecule has 3 rings (SSSR count). The van der Waals surface area contributed by atoms with Crippen LogP contribution in [0.4, 0.5) is 0 Å². The average molecular weight is 523 g/mol. The molecule has 0 aromatic heterocycles.